The molecule has 1 aromatic heterocycles. The summed E-state index contributed by atoms with van der Waals surface area (Å²) in [6.45, 7) is 1.86. The number of carbonyl (C=O) groups excluding carboxylic acids is 1. The van der Waals surface area contributed by atoms with E-state index in [4.69, 9.17) is 5.11 Å². The van der Waals surface area contributed by atoms with Gasteiger partial charge in [0.15, 0.2) is 5.69 Å². The van der Waals surface area contributed by atoms with Crippen molar-refractivity contribution in [2.45, 2.75) is 25.8 Å². The third-order valence-electron chi connectivity index (χ3n) is 2.48. The van der Waals surface area contributed by atoms with Crippen molar-refractivity contribution >= 4 is 17.7 Å². The van der Waals surface area contributed by atoms with Crippen molar-refractivity contribution in [3.05, 3.63) is 17.8 Å². The zero-order chi connectivity index (χ0) is 14.4. The van der Waals surface area contributed by atoms with Crippen LogP contribution in [-0.2, 0) is 4.79 Å². The largest absolute Gasteiger partial charge is 0.481 e. The lowest BCUT2D eigenvalue weighted by Gasteiger charge is -2.13. The Morgan fingerprint density at radius 1 is 1.37 bits per heavy atom. The first-order valence-corrected chi connectivity index (χ1v) is 5.94. The highest BCUT2D eigenvalue weighted by Gasteiger charge is 2.11. The number of rotatable bonds is 6. The summed E-state index contributed by atoms with van der Waals surface area (Å²) >= 11 is 0. The Morgan fingerprint density at radius 2 is 2.05 bits per heavy atom. The zero-order valence-corrected chi connectivity index (χ0v) is 11.3. The Kier molecular flexibility index (Phi) is 5.23. The molecule has 0 aliphatic carbocycles. The molecule has 0 radical (unpaired) electrons. The summed E-state index contributed by atoms with van der Waals surface area (Å²) in [5.74, 6) is -0.516. The van der Waals surface area contributed by atoms with Gasteiger partial charge in [0.2, 0.25) is 0 Å². The summed E-state index contributed by atoms with van der Waals surface area (Å²) in [5.41, 5.74) is 0.272. The molecular weight excluding hydrogens is 248 g/mol. The maximum absolute atomic E-state index is 11.6. The predicted molar refractivity (Wildman–Crippen MR) is 70.0 cm³/mol. The van der Waals surface area contributed by atoms with Gasteiger partial charge in [-0.25, -0.2) is 0 Å². The fourth-order valence-electron chi connectivity index (χ4n) is 1.42. The third kappa shape index (κ3) is 4.90. The van der Waals surface area contributed by atoms with E-state index < -0.39 is 5.97 Å². The van der Waals surface area contributed by atoms with Crippen molar-refractivity contribution in [3.8, 4) is 0 Å². The Hall–Kier alpha value is -2.18. The van der Waals surface area contributed by atoms with Gasteiger partial charge in [0, 0.05) is 26.6 Å². The monoisotopic (exact) mass is 266 g/mol. The number of anilines is 1. The quantitative estimate of drug-likeness (QED) is 0.792. The molecule has 1 unspecified atom stereocenters. The first kappa shape index (κ1) is 14.9. The van der Waals surface area contributed by atoms with E-state index in [1.807, 2.05) is 6.92 Å². The van der Waals surface area contributed by atoms with Crippen LogP contribution in [0.2, 0.25) is 0 Å². The number of nitrogens with zero attached hydrogens (tertiary/aromatic N) is 3. The minimum atomic E-state index is -0.827. The molecule has 7 heteroatoms. The van der Waals surface area contributed by atoms with Crippen LogP contribution in [0.3, 0.4) is 0 Å². The second-order valence-corrected chi connectivity index (χ2v) is 4.48. The number of hydrogen-bond acceptors (Lipinski definition) is 5. The summed E-state index contributed by atoms with van der Waals surface area (Å²) < 4.78 is 0. The second kappa shape index (κ2) is 6.67. The highest BCUT2D eigenvalue weighted by Crippen LogP contribution is 2.08. The molecule has 0 aromatic carbocycles. The number of carbonyl (C=O) groups is 2. The third-order valence-corrected chi connectivity index (χ3v) is 2.48. The minimum Gasteiger partial charge on any atom is -0.481 e. The Bertz CT molecular complexity index is 445. The van der Waals surface area contributed by atoms with Gasteiger partial charge in [-0.05, 0) is 25.5 Å². The van der Waals surface area contributed by atoms with Crippen LogP contribution in [0.1, 0.15) is 30.3 Å². The summed E-state index contributed by atoms with van der Waals surface area (Å²) in [7, 11) is 3.29. The van der Waals surface area contributed by atoms with E-state index in [9.17, 15) is 9.59 Å². The van der Waals surface area contributed by atoms with Crippen LogP contribution >= 0.6 is 0 Å². The van der Waals surface area contributed by atoms with Gasteiger partial charge in [0.25, 0.3) is 5.91 Å². The molecule has 0 fully saturated rings. The van der Waals surface area contributed by atoms with Crippen LogP contribution < -0.4 is 5.32 Å². The van der Waals surface area contributed by atoms with Gasteiger partial charge in [0.1, 0.15) is 5.82 Å². The fourth-order valence-corrected chi connectivity index (χ4v) is 1.42. The van der Waals surface area contributed by atoms with Gasteiger partial charge in [-0.15, -0.1) is 10.2 Å². The second-order valence-electron chi connectivity index (χ2n) is 4.48. The number of aromatic nitrogens is 2. The van der Waals surface area contributed by atoms with Crippen molar-refractivity contribution in [2.24, 2.45) is 0 Å². The summed E-state index contributed by atoms with van der Waals surface area (Å²) in [4.78, 5) is 23.5. The van der Waals surface area contributed by atoms with Crippen molar-refractivity contribution in [1.29, 1.82) is 0 Å². The number of hydrogen-bond donors (Lipinski definition) is 2. The van der Waals surface area contributed by atoms with Crippen molar-refractivity contribution in [3.63, 3.8) is 0 Å². The number of aliphatic carboxylic acids is 1. The van der Waals surface area contributed by atoms with E-state index >= 15 is 0 Å². The van der Waals surface area contributed by atoms with Crippen molar-refractivity contribution < 1.29 is 14.7 Å². The molecule has 1 rings (SSSR count). The lowest BCUT2D eigenvalue weighted by molar-refractivity contribution is -0.137. The molecule has 1 atom stereocenters. The fraction of sp³-hybridized carbons (Fsp3) is 0.500. The first-order chi connectivity index (χ1) is 8.90. The van der Waals surface area contributed by atoms with Gasteiger partial charge in [0.05, 0.1) is 0 Å². The van der Waals surface area contributed by atoms with E-state index in [0.717, 1.165) is 0 Å². The molecular formula is C12H18N4O3. The van der Waals surface area contributed by atoms with Crippen LogP contribution in [0, 0.1) is 0 Å². The maximum Gasteiger partial charge on any atom is 0.303 e. The molecule has 2 N–H and O–H groups in total. The summed E-state index contributed by atoms with van der Waals surface area (Å²) in [5, 5.41) is 19.3. The van der Waals surface area contributed by atoms with Gasteiger partial charge in [-0.1, -0.05) is 0 Å². The number of carboxylic acid groups (broad SMARTS) is 1. The van der Waals surface area contributed by atoms with Crippen LogP contribution in [-0.4, -0.2) is 52.2 Å². The average Bonchev–Trinajstić information content (AvgIpc) is 2.36. The molecule has 1 amide bonds. The van der Waals surface area contributed by atoms with Gasteiger partial charge in [-0.2, -0.15) is 0 Å². The molecule has 0 aliphatic rings. The molecule has 0 saturated carbocycles. The number of nitrogens with one attached hydrogen (secondary N) is 1. The summed E-state index contributed by atoms with van der Waals surface area (Å²) in [6.07, 6.45) is 0.591. The van der Waals surface area contributed by atoms with Crippen LogP contribution in [0.25, 0.3) is 0 Å². The molecule has 0 bridgehead atoms. The first-order valence-electron chi connectivity index (χ1n) is 5.94. The van der Waals surface area contributed by atoms with E-state index in [1.165, 1.54) is 4.90 Å². The SMILES string of the molecule is CC(CCC(=O)O)Nc1ccc(C(=O)N(C)C)nn1. The van der Waals surface area contributed by atoms with Crippen LogP contribution in [0.5, 0.6) is 0 Å². The molecule has 0 spiro atoms. The van der Waals surface area contributed by atoms with E-state index in [-0.39, 0.29) is 24.1 Å². The van der Waals surface area contributed by atoms with Crippen molar-refractivity contribution in [2.75, 3.05) is 19.4 Å². The Balaban J connectivity index is 2.57. The molecule has 0 aliphatic heterocycles. The maximum atomic E-state index is 11.6. The van der Waals surface area contributed by atoms with Gasteiger partial charge < -0.3 is 15.3 Å². The van der Waals surface area contributed by atoms with E-state index in [0.29, 0.717) is 12.2 Å². The molecule has 1 aromatic rings. The van der Waals surface area contributed by atoms with Gasteiger partial charge in [-0.3, -0.25) is 9.59 Å². The molecule has 104 valence electrons. The van der Waals surface area contributed by atoms with Crippen LogP contribution in [0.15, 0.2) is 12.1 Å². The molecule has 19 heavy (non-hydrogen) atoms. The highest BCUT2D eigenvalue weighted by molar-refractivity contribution is 5.91. The van der Waals surface area contributed by atoms with Gasteiger partial charge >= 0.3 is 5.97 Å². The van der Waals surface area contributed by atoms with E-state index in [1.54, 1.807) is 26.2 Å². The van der Waals surface area contributed by atoms with E-state index in [2.05, 4.69) is 15.5 Å². The molecule has 7 nitrogen and oxygen atoms in total. The predicted octanol–water partition coefficient (Wildman–Crippen LogP) is 0.844. The van der Waals surface area contributed by atoms with Crippen molar-refractivity contribution in [1.82, 2.24) is 15.1 Å². The minimum absolute atomic E-state index is 0.0270. The topological polar surface area (TPSA) is 95.4 Å². The summed E-state index contributed by atoms with van der Waals surface area (Å²) in [6, 6.07) is 3.21. The molecule has 0 saturated heterocycles. The molecule has 1 heterocycles. The number of amides is 1. The Morgan fingerprint density at radius 3 is 2.53 bits per heavy atom. The number of carboxylic acids is 1. The normalized spacial score (nSPS) is 11.7. The average molecular weight is 266 g/mol. The Labute approximate surface area is 111 Å². The van der Waals surface area contributed by atoms with Crippen LogP contribution in [0.4, 0.5) is 5.82 Å². The lowest BCUT2D eigenvalue weighted by atomic mass is 10.2. The standard InChI is InChI=1S/C12H18N4O3/c1-8(4-7-11(17)18)13-10-6-5-9(14-15-10)12(19)16(2)3/h5-6,8H,4,7H2,1-3H3,(H,13,15)(H,17,18). The smallest absolute Gasteiger partial charge is 0.303 e. The highest BCUT2D eigenvalue weighted by atomic mass is 16.4. The zero-order valence-electron chi connectivity index (χ0n) is 11.3. The lowest BCUT2D eigenvalue weighted by Crippen LogP contribution is -2.23.